The zero-order chi connectivity index (χ0) is 21.3. The highest BCUT2D eigenvalue weighted by molar-refractivity contribution is 6.32. The van der Waals surface area contributed by atoms with E-state index in [-0.39, 0.29) is 11.1 Å². The van der Waals surface area contributed by atoms with Crippen LogP contribution in [0.25, 0.3) is 11.5 Å². The Morgan fingerprint density at radius 1 is 1.20 bits per heavy atom. The van der Waals surface area contributed by atoms with Gasteiger partial charge in [0.2, 0.25) is 0 Å². The van der Waals surface area contributed by atoms with Crippen molar-refractivity contribution in [2.45, 2.75) is 20.0 Å². The smallest absolute Gasteiger partial charge is 0.323 e. The van der Waals surface area contributed by atoms with Gasteiger partial charge >= 0.3 is 6.03 Å². The van der Waals surface area contributed by atoms with Crippen LogP contribution in [0.2, 0.25) is 5.02 Å². The lowest BCUT2D eigenvalue weighted by atomic mass is 10.1. The molecule has 4 heterocycles. The molecular weight excluding hydrogens is 410 g/mol. The van der Waals surface area contributed by atoms with Crippen molar-refractivity contribution in [1.82, 2.24) is 34.6 Å². The van der Waals surface area contributed by atoms with Crippen molar-refractivity contribution in [2.24, 2.45) is 0 Å². The van der Waals surface area contributed by atoms with Gasteiger partial charge < -0.3 is 15.4 Å². The second-order valence-corrected chi connectivity index (χ2v) is 6.83. The summed E-state index contributed by atoms with van der Waals surface area (Å²) in [7, 11) is 1.59. The topological polar surface area (TPSA) is 124 Å². The molecule has 2 amide bonds. The van der Waals surface area contributed by atoms with E-state index in [0.29, 0.717) is 28.4 Å². The highest BCUT2D eigenvalue weighted by Crippen LogP contribution is 2.28. The zero-order valence-corrected chi connectivity index (χ0v) is 17.1. The fraction of sp³-hybridized carbons (Fsp3) is 0.222. The van der Waals surface area contributed by atoms with E-state index in [1.165, 1.54) is 23.4 Å². The molecule has 0 fully saturated rings. The van der Waals surface area contributed by atoms with Crippen molar-refractivity contribution >= 4 is 34.7 Å². The predicted octanol–water partition coefficient (Wildman–Crippen LogP) is 3.02. The Balaban J connectivity index is 1.57. The number of rotatable bonds is 5. The quantitative estimate of drug-likeness (QED) is 0.501. The third-order valence-corrected chi connectivity index (χ3v) is 4.62. The van der Waals surface area contributed by atoms with Gasteiger partial charge in [-0.25, -0.2) is 19.3 Å². The summed E-state index contributed by atoms with van der Waals surface area (Å²) in [6.45, 7) is 3.74. The molecule has 0 saturated heterocycles. The number of nitrogens with zero attached hydrogens (tertiary/aromatic N) is 7. The van der Waals surface area contributed by atoms with E-state index in [4.69, 9.17) is 16.3 Å². The molecule has 0 aromatic carbocycles. The summed E-state index contributed by atoms with van der Waals surface area (Å²) in [6.07, 6.45) is 7.53. The molecule has 4 aromatic rings. The van der Waals surface area contributed by atoms with Gasteiger partial charge in [0.05, 0.1) is 64.7 Å². The number of halogens is 1. The van der Waals surface area contributed by atoms with Crippen LogP contribution in [-0.2, 0) is 4.74 Å². The van der Waals surface area contributed by atoms with Crippen LogP contribution in [-0.4, -0.2) is 47.7 Å². The lowest BCUT2D eigenvalue weighted by molar-refractivity contribution is 0.120. The highest BCUT2D eigenvalue weighted by atomic mass is 35.5. The standard InChI is InChI=1S/C18H18ClN9O2/c1-10-9-27-17(24-10)15(11(2)30-3)14(8-23-27)26-18(29)25-12-6-13(19)16(20-7-12)28-21-4-5-22-28/h4-9,11H,1-3H3,(H2,25,26,29)/t11-/m1/s1. The summed E-state index contributed by atoms with van der Waals surface area (Å²) >= 11 is 6.25. The molecule has 0 saturated carbocycles. The Bertz CT molecular complexity index is 1210. The van der Waals surface area contributed by atoms with Crippen molar-refractivity contribution in [3.05, 3.63) is 53.3 Å². The number of imidazole rings is 1. The van der Waals surface area contributed by atoms with Gasteiger partial charge in [0.1, 0.15) is 0 Å². The number of aryl methyl sites for hydroxylation is 1. The van der Waals surface area contributed by atoms with Crippen LogP contribution >= 0.6 is 11.6 Å². The normalized spacial score (nSPS) is 12.1. The van der Waals surface area contributed by atoms with E-state index < -0.39 is 6.03 Å². The number of nitrogens with one attached hydrogen (secondary N) is 2. The third kappa shape index (κ3) is 3.80. The van der Waals surface area contributed by atoms with Gasteiger partial charge in [-0.1, -0.05) is 11.6 Å². The van der Waals surface area contributed by atoms with Gasteiger partial charge in [0.15, 0.2) is 11.5 Å². The summed E-state index contributed by atoms with van der Waals surface area (Å²) in [6, 6.07) is 1.07. The van der Waals surface area contributed by atoms with E-state index in [0.717, 1.165) is 5.69 Å². The molecule has 0 unspecified atom stereocenters. The first-order valence-electron chi connectivity index (χ1n) is 8.94. The number of methoxy groups -OCH3 is 1. The lowest BCUT2D eigenvalue weighted by Crippen LogP contribution is -2.22. The number of anilines is 2. The molecule has 11 nitrogen and oxygen atoms in total. The van der Waals surface area contributed by atoms with E-state index in [9.17, 15) is 4.79 Å². The number of fused-ring (bicyclic) bond motifs is 1. The number of urea groups is 1. The number of ether oxygens (including phenoxy) is 1. The molecule has 4 rings (SSSR count). The average Bonchev–Trinajstić information content (AvgIpc) is 3.36. The molecule has 154 valence electrons. The van der Waals surface area contributed by atoms with Crippen molar-refractivity contribution in [2.75, 3.05) is 17.7 Å². The zero-order valence-electron chi connectivity index (χ0n) is 16.4. The fourth-order valence-corrected chi connectivity index (χ4v) is 3.18. The molecule has 12 heteroatoms. The summed E-state index contributed by atoms with van der Waals surface area (Å²) in [5.74, 6) is 0.355. The molecular formula is C18H18ClN9O2. The Morgan fingerprint density at radius 3 is 2.67 bits per heavy atom. The number of amides is 2. The number of hydrogen-bond donors (Lipinski definition) is 2. The molecule has 0 radical (unpaired) electrons. The predicted molar refractivity (Wildman–Crippen MR) is 110 cm³/mol. The van der Waals surface area contributed by atoms with Gasteiger partial charge in [0.25, 0.3) is 0 Å². The number of carbonyl (C=O) groups excluding carboxylic acids is 1. The van der Waals surface area contributed by atoms with Crippen molar-refractivity contribution in [3.63, 3.8) is 0 Å². The van der Waals surface area contributed by atoms with E-state index in [2.05, 4.69) is 35.9 Å². The van der Waals surface area contributed by atoms with Gasteiger partial charge in [-0.05, 0) is 19.9 Å². The van der Waals surface area contributed by atoms with Gasteiger partial charge in [0, 0.05) is 7.11 Å². The Morgan fingerprint density at radius 2 is 1.97 bits per heavy atom. The minimum atomic E-state index is -0.489. The van der Waals surface area contributed by atoms with E-state index in [1.807, 2.05) is 13.8 Å². The Hall–Kier alpha value is -3.57. The largest absolute Gasteiger partial charge is 0.377 e. The number of hydrogen-bond acceptors (Lipinski definition) is 7. The van der Waals surface area contributed by atoms with Crippen LogP contribution < -0.4 is 10.6 Å². The maximum absolute atomic E-state index is 12.6. The van der Waals surface area contributed by atoms with Crippen LogP contribution in [0.4, 0.5) is 16.2 Å². The monoisotopic (exact) mass is 427 g/mol. The number of pyridine rings is 1. The second kappa shape index (κ2) is 8.05. The highest BCUT2D eigenvalue weighted by Gasteiger charge is 2.19. The number of carbonyl (C=O) groups is 1. The van der Waals surface area contributed by atoms with E-state index in [1.54, 1.807) is 30.1 Å². The molecule has 30 heavy (non-hydrogen) atoms. The first-order valence-corrected chi connectivity index (χ1v) is 9.32. The minimum Gasteiger partial charge on any atom is -0.377 e. The second-order valence-electron chi connectivity index (χ2n) is 6.43. The molecule has 1 atom stereocenters. The first-order chi connectivity index (χ1) is 14.5. The van der Waals surface area contributed by atoms with E-state index >= 15 is 0 Å². The van der Waals surface area contributed by atoms with Crippen LogP contribution in [0.3, 0.4) is 0 Å². The van der Waals surface area contributed by atoms with Crippen molar-refractivity contribution in [3.8, 4) is 5.82 Å². The molecule has 2 N–H and O–H groups in total. The minimum absolute atomic E-state index is 0.286. The Kier molecular flexibility index (Phi) is 5.29. The van der Waals surface area contributed by atoms with Crippen LogP contribution in [0.15, 0.2) is 37.1 Å². The molecule has 0 bridgehead atoms. The van der Waals surface area contributed by atoms with Gasteiger partial charge in [-0.3, -0.25) is 0 Å². The van der Waals surface area contributed by atoms with Gasteiger partial charge in [-0.15, -0.1) is 4.80 Å². The number of aromatic nitrogens is 7. The summed E-state index contributed by atoms with van der Waals surface area (Å²) in [5, 5.41) is 18.0. The molecule has 0 spiro atoms. The first kappa shape index (κ1) is 19.7. The van der Waals surface area contributed by atoms with Crippen LogP contribution in [0.5, 0.6) is 0 Å². The van der Waals surface area contributed by atoms with Crippen LogP contribution in [0.1, 0.15) is 24.3 Å². The third-order valence-electron chi connectivity index (χ3n) is 4.35. The molecule has 0 aliphatic carbocycles. The maximum Gasteiger partial charge on any atom is 0.323 e. The summed E-state index contributed by atoms with van der Waals surface area (Å²) in [4.78, 5) is 22.6. The SMILES string of the molecule is CO[C@H](C)c1c(NC(=O)Nc2cnc(-n3nccn3)c(Cl)c2)cnn2cc(C)nc12. The fourth-order valence-electron chi connectivity index (χ4n) is 2.94. The summed E-state index contributed by atoms with van der Waals surface area (Å²) < 4.78 is 7.11. The molecule has 4 aromatic heterocycles. The van der Waals surface area contributed by atoms with Gasteiger partial charge in [-0.2, -0.15) is 15.3 Å². The van der Waals surface area contributed by atoms with Crippen molar-refractivity contribution < 1.29 is 9.53 Å². The molecule has 0 aliphatic rings. The lowest BCUT2D eigenvalue weighted by Gasteiger charge is -2.16. The molecule has 0 aliphatic heterocycles. The summed E-state index contributed by atoms with van der Waals surface area (Å²) in [5.41, 5.74) is 3.02. The average molecular weight is 428 g/mol. The van der Waals surface area contributed by atoms with Crippen LogP contribution in [0, 0.1) is 6.92 Å². The van der Waals surface area contributed by atoms with Crippen molar-refractivity contribution in [1.29, 1.82) is 0 Å². The Labute approximate surface area is 176 Å². The maximum atomic E-state index is 12.6.